The normalized spacial score (nSPS) is 12.6. The van der Waals surface area contributed by atoms with Crippen LogP contribution in [0.15, 0.2) is 0 Å². The molecule has 1 aromatic heterocycles. The first-order valence-electron chi connectivity index (χ1n) is 6.46. The van der Waals surface area contributed by atoms with Gasteiger partial charge in [0.15, 0.2) is 0 Å². The first-order valence-corrected chi connectivity index (χ1v) is 6.46. The molecule has 0 aromatic carbocycles. The predicted octanol–water partition coefficient (Wildman–Crippen LogP) is 1.37. The molecule has 1 rings (SSSR count). The van der Waals surface area contributed by atoms with Gasteiger partial charge in [0.05, 0.1) is 12.7 Å². The fraction of sp³-hybridized carbons (Fsp3) is 0.692. The molecule has 1 aromatic rings. The van der Waals surface area contributed by atoms with Crippen LogP contribution in [-0.2, 0) is 4.74 Å². The van der Waals surface area contributed by atoms with E-state index in [0.717, 1.165) is 23.0 Å². The Morgan fingerprint density at radius 3 is 2.42 bits per heavy atom. The lowest BCUT2D eigenvalue weighted by molar-refractivity contribution is 0.0727. The molecule has 0 aliphatic heterocycles. The molecule has 0 aliphatic rings. The average Bonchev–Trinajstić information content (AvgIpc) is 2.37. The van der Waals surface area contributed by atoms with Gasteiger partial charge < -0.3 is 20.5 Å². The van der Waals surface area contributed by atoms with Gasteiger partial charge in [-0.1, -0.05) is 13.8 Å². The summed E-state index contributed by atoms with van der Waals surface area (Å²) in [5.74, 6) is 2.58. The van der Waals surface area contributed by atoms with Gasteiger partial charge in [0.2, 0.25) is 0 Å². The minimum Gasteiger partial charge on any atom is -0.389 e. The second-order valence-electron chi connectivity index (χ2n) is 4.80. The summed E-state index contributed by atoms with van der Waals surface area (Å²) in [7, 11) is 3.40. The molecule has 0 amide bonds. The van der Waals surface area contributed by atoms with E-state index in [2.05, 4.69) is 20.6 Å². The Morgan fingerprint density at radius 1 is 1.26 bits per heavy atom. The van der Waals surface area contributed by atoms with Gasteiger partial charge >= 0.3 is 0 Å². The van der Waals surface area contributed by atoms with Gasteiger partial charge in [0.1, 0.15) is 17.5 Å². The molecule has 0 radical (unpaired) electrons. The summed E-state index contributed by atoms with van der Waals surface area (Å²) in [4.78, 5) is 8.96. The van der Waals surface area contributed by atoms with Crippen molar-refractivity contribution >= 4 is 11.6 Å². The third kappa shape index (κ3) is 4.33. The van der Waals surface area contributed by atoms with Crippen LogP contribution >= 0.6 is 0 Å². The highest BCUT2D eigenvalue weighted by molar-refractivity contribution is 5.57. The number of methoxy groups -OCH3 is 1. The summed E-state index contributed by atoms with van der Waals surface area (Å²) in [6.07, 6.45) is -0.556. The van der Waals surface area contributed by atoms with E-state index in [4.69, 9.17) is 4.74 Å². The second kappa shape index (κ2) is 7.25. The lowest BCUT2D eigenvalue weighted by Gasteiger charge is -2.16. The zero-order valence-electron chi connectivity index (χ0n) is 12.3. The fourth-order valence-corrected chi connectivity index (χ4v) is 1.67. The van der Waals surface area contributed by atoms with Crippen molar-refractivity contribution in [2.75, 3.05) is 37.9 Å². The maximum atomic E-state index is 9.66. The Kier molecular flexibility index (Phi) is 5.98. The second-order valence-corrected chi connectivity index (χ2v) is 4.80. The van der Waals surface area contributed by atoms with E-state index in [1.165, 1.54) is 0 Å². The van der Waals surface area contributed by atoms with Gasteiger partial charge in [-0.2, -0.15) is 0 Å². The van der Waals surface area contributed by atoms with Gasteiger partial charge in [-0.05, 0) is 6.92 Å². The van der Waals surface area contributed by atoms with E-state index in [0.29, 0.717) is 13.2 Å². The molecular weight excluding hydrogens is 244 g/mol. The van der Waals surface area contributed by atoms with Crippen molar-refractivity contribution in [1.29, 1.82) is 0 Å². The van der Waals surface area contributed by atoms with Crippen LogP contribution in [0.1, 0.15) is 31.2 Å². The molecule has 6 heteroatoms. The number of aliphatic hydroxyl groups is 1. The summed E-state index contributed by atoms with van der Waals surface area (Å²) in [5, 5.41) is 15.9. The Hall–Kier alpha value is -1.40. The summed E-state index contributed by atoms with van der Waals surface area (Å²) in [6, 6.07) is 0. The minimum atomic E-state index is -0.556. The van der Waals surface area contributed by atoms with Crippen molar-refractivity contribution in [2.45, 2.75) is 32.8 Å². The lowest BCUT2D eigenvalue weighted by atomic mass is 10.2. The SMILES string of the molecule is CNc1nc(C(C)C)nc(NCC(O)COC)c1C. The predicted molar refractivity (Wildman–Crippen MR) is 76.8 cm³/mol. The number of rotatable bonds is 7. The van der Waals surface area contributed by atoms with Crippen molar-refractivity contribution in [3.63, 3.8) is 0 Å². The molecule has 0 bridgehead atoms. The molecule has 0 spiro atoms. The fourth-order valence-electron chi connectivity index (χ4n) is 1.67. The van der Waals surface area contributed by atoms with Gasteiger partial charge in [0, 0.05) is 32.2 Å². The maximum absolute atomic E-state index is 9.66. The molecule has 3 N–H and O–H groups in total. The third-order valence-corrected chi connectivity index (χ3v) is 2.78. The van der Waals surface area contributed by atoms with Crippen molar-refractivity contribution < 1.29 is 9.84 Å². The minimum absolute atomic E-state index is 0.247. The van der Waals surface area contributed by atoms with Gasteiger partial charge in [-0.3, -0.25) is 0 Å². The van der Waals surface area contributed by atoms with Crippen LogP contribution in [0.25, 0.3) is 0 Å². The number of aromatic nitrogens is 2. The highest BCUT2D eigenvalue weighted by Crippen LogP contribution is 2.22. The van der Waals surface area contributed by atoms with Crippen molar-refractivity contribution in [3.8, 4) is 0 Å². The first kappa shape index (κ1) is 15.7. The molecule has 19 heavy (non-hydrogen) atoms. The quantitative estimate of drug-likeness (QED) is 0.693. The molecule has 1 unspecified atom stereocenters. The van der Waals surface area contributed by atoms with E-state index >= 15 is 0 Å². The third-order valence-electron chi connectivity index (χ3n) is 2.78. The van der Waals surface area contributed by atoms with E-state index in [1.54, 1.807) is 7.11 Å². The molecular formula is C13H24N4O2. The molecule has 0 aliphatic carbocycles. The largest absolute Gasteiger partial charge is 0.389 e. The van der Waals surface area contributed by atoms with E-state index in [-0.39, 0.29) is 5.92 Å². The van der Waals surface area contributed by atoms with Gasteiger partial charge in [-0.25, -0.2) is 9.97 Å². The Bertz CT molecular complexity index is 410. The number of ether oxygens (including phenoxy) is 1. The van der Waals surface area contributed by atoms with E-state index < -0.39 is 6.10 Å². The molecule has 108 valence electrons. The van der Waals surface area contributed by atoms with Gasteiger partial charge in [0.25, 0.3) is 0 Å². The number of nitrogens with one attached hydrogen (secondary N) is 2. The Morgan fingerprint density at radius 2 is 1.89 bits per heavy atom. The molecule has 1 heterocycles. The highest BCUT2D eigenvalue weighted by Gasteiger charge is 2.13. The summed E-state index contributed by atoms with van der Waals surface area (Å²) in [5.41, 5.74) is 0.941. The molecule has 6 nitrogen and oxygen atoms in total. The van der Waals surface area contributed by atoms with Crippen molar-refractivity contribution in [2.24, 2.45) is 0 Å². The van der Waals surface area contributed by atoms with Crippen molar-refractivity contribution in [3.05, 3.63) is 11.4 Å². The smallest absolute Gasteiger partial charge is 0.135 e. The molecule has 0 fully saturated rings. The van der Waals surface area contributed by atoms with Crippen LogP contribution < -0.4 is 10.6 Å². The van der Waals surface area contributed by atoms with Crippen LogP contribution in [0.5, 0.6) is 0 Å². The van der Waals surface area contributed by atoms with Crippen molar-refractivity contribution in [1.82, 2.24) is 9.97 Å². The van der Waals surface area contributed by atoms with E-state index in [1.807, 2.05) is 27.8 Å². The molecule has 0 saturated heterocycles. The zero-order chi connectivity index (χ0) is 14.4. The molecule has 1 atom stereocenters. The Labute approximate surface area is 114 Å². The Balaban J connectivity index is 2.89. The number of nitrogens with zero attached hydrogens (tertiary/aromatic N) is 2. The lowest BCUT2D eigenvalue weighted by Crippen LogP contribution is -2.25. The maximum Gasteiger partial charge on any atom is 0.135 e. The monoisotopic (exact) mass is 268 g/mol. The van der Waals surface area contributed by atoms with Crippen LogP contribution in [-0.4, -0.2) is 48.5 Å². The standard InChI is InChI=1S/C13H24N4O2/c1-8(2)11-16-12(14-4)9(3)13(17-11)15-6-10(18)7-19-5/h8,10,18H,6-7H2,1-5H3,(H2,14,15,16,17). The first-order chi connectivity index (χ1) is 8.99. The van der Waals surface area contributed by atoms with Crippen LogP contribution in [0.3, 0.4) is 0 Å². The number of hydrogen-bond donors (Lipinski definition) is 3. The summed E-state index contributed by atoms with van der Waals surface area (Å²) >= 11 is 0. The molecule has 0 saturated carbocycles. The zero-order valence-corrected chi connectivity index (χ0v) is 12.3. The van der Waals surface area contributed by atoms with Crippen LogP contribution in [0, 0.1) is 6.92 Å². The summed E-state index contributed by atoms with van der Waals surface area (Å²) in [6.45, 7) is 6.74. The number of anilines is 2. The number of hydrogen-bond acceptors (Lipinski definition) is 6. The highest BCUT2D eigenvalue weighted by atomic mass is 16.5. The average molecular weight is 268 g/mol. The van der Waals surface area contributed by atoms with Gasteiger partial charge in [-0.15, -0.1) is 0 Å². The van der Waals surface area contributed by atoms with Crippen LogP contribution in [0.2, 0.25) is 0 Å². The van der Waals surface area contributed by atoms with E-state index in [9.17, 15) is 5.11 Å². The topological polar surface area (TPSA) is 79.3 Å². The van der Waals surface area contributed by atoms with Crippen LogP contribution in [0.4, 0.5) is 11.6 Å². The number of aliphatic hydroxyl groups excluding tert-OH is 1. The summed E-state index contributed by atoms with van der Waals surface area (Å²) < 4.78 is 4.89.